The van der Waals surface area contributed by atoms with Gasteiger partial charge in [0.1, 0.15) is 0 Å². The van der Waals surface area contributed by atoms with Crippen molar-refractivity contribution in [1.29, 1.82) is 0 Å². The lowest BCUT2D eigenvalue weighted by Crippen LogP contribution is -2.33. The molecule has 0 aliphatic rings. The van der Waals surface area contributed by atoms with Crippen molar-refractivity contribution in [2.75, 3.05) is 34.2 Å². The van der Waals surface area contributed by atoms with E-state index < -0.39 is 0 Å². The van der Waals surface area contributed by atoms with Crippen molar-refractivity contribution in [1.82, 2.24) is 9.80 Å². The summed E-state index contributed by atoms with van der Waals surface area (Å²) in [5, 5.41) is 0.623. The highest BCUT2D eigenvalue weighted by molar-refractivity contribution is 14.1. The Labute approximate surface area is 121 Å². The van der Waals surface area contributed by atoms with Crippen LogP contribution in [0.2, 0.25) is 5.02 Å². The lowest BCUT2D eigenvalue weighted by Gasteiger charge is -2.19. The van der Waals surface area contributed by atoms with Gasteiger partial charge in [-0.25, -0.2) is 0 Å². The number of carbonyl (C=O) groups is 1. The molecule has 1 amide bonds. The predicted octanol–water partition coefficient (Wildman–Crippen LogP) is 2.58. The summed E-state index contributed by atoms with van der Waals surface area (Å²) in [5.41, 5.74) is 0.636. The van der Waals surface area contributed by atoms with Crippen LogP contribution in [0.15, 0.2) is 18.2 Å². The molecule has 0 saturated carbocycles. The van der Waals surface area contributed by atoms with Crippen molar-refractivity contribution in [3.05, 3.63) is 32.4 Å². The van der Waals surface area contributed by atoms with Gasteiger partial charge in [-0.15, -0.1) is 0 Å². The zero-order valence-corrected chi connectivity index (χ0v) is 13.1. The Morgan fingerprint density at radius 1 is 1.29 bits per heavy atom. The Bertz CT molecular complexity index is 409. The summed E-state index contributed by atoms with van der Waals surface area (Å²) in [5.74, 6) is 0.00477. The third-order valence-corrected chi connectivity index (χ3v) is 3.97. The van der Waals surface area contributed by atoms with Gasteiger partial charge in [-0.1, -0.05) is 11.6 Å². The Hall–Kier alpha value is -0.330. The maximum absolute atomic E-state index is 12.1. The number of hydrogen-bond acceptors (Lipinski definition) is 2. The second-order valence-corrected chi connectivity index (χ2v) is 5.73. The molecule has 0 radical (unpaired) electrons. The molecule has 17 heavy (non-hydrogen) atoms. The second-order valence-electron chi connectivity index (χ2n) is 4.16. The second kappa shape index (κ2) is 6.56. The minimum Gasteiger partial charge on any atom is -0.340 e. The van der Waals surface area contributed by atoms with Gasteiger partial charge in [-0.2, -0.15) is 0 Å². The van der Waals surface area contributed by atoms with Crippen molar-refractivity contribution in [2.24, 2.45) is 0 Å². The summed E-state index contributed by atoms with van der Waals surface area (Å²) in [4.78, 5) is 15.8. The van der Waals surface area contributed by atoms with Gasteiger partial charge < -0.3 is 9.80 Å². The van der Waals surface area contributed by atoms with Crippen LogP contribution in [0.25, 0.3) is 0 Å². The molecule has 0 atom stereocenters. The van der Waals surface area contributed by atoms with E-state index in [1.807, 2.05) is 31.1 Å². The monoisotopic (exact) mass is 366 g/mol. The van der Waals surface area contributed by atoms with Crippen LogP contribution in [-0.2, 0) is 0 Å². The first-order chi connectivity index (χ1) is 7.91. The maximum Gasteiger partial charge on any atom is 0.253 e. The molecule has 5 heteroatoms. The molecule has 0 unspecified atom stereocenters. The van der Waals surface area contributed by atoms with Crippen LogP contribution in [0.5, 0.6) is 0 Å². The van der Waals surface area contributed by atoms with Crippen LogP contribution in [0.3, 0.4) is 0 Å². The van der Waals surface area contributed by atoms with E-state index in [1.165, 1.54) is 0 Å². The quantitative estimate of drug-likeness (QED) is 0.765. The Balaban J connectivity index is 2.71. The van der Waals surface area contributed by atoms with E-state index >= 15 is 0 Å². The number of hydrogen-bond donors (Lipinski definition) is 0. The summed E-state index contributed by atoms with van der Waals surface area (Å²) >= 11 is 8.15. The molecule has 0 bridgehead atoms. The van der Waals surface area contributed by atoms with E-state index in [-0.39, 0.29) is 5.91 Å². The topological polar surface area (TPSA) is 23.6 Å². The fraction of sp³-hybridized carbons (Fsp3) is 0.417. The predicted molar refractivity (Wildman–Crippen MR) is 79.7 cm³/mol. The molecule has 0 fully saturated rings. The van der Waals surface area contributed by atoms with E-state index in [9.17, 15) is 4.79 Å². The number of nitrogens with zero attached hydrogens (tertiary/aromatic N) is 2. The minimum absolute atomic E-state index is 0.00477. The van der Waals surface area contributed by atoms with Crippen LogP contribution in [0.1, 0.15) is 10.4 Å². The van der Waals surface area contributed by atoms with Crippen LogP contribution >= 0.6 is 34.2 Å². The standard InChI is InChI=1S/C12H16ClIN2O/c1-15(2)6-7-16(3)12(17)9-4-5-11(14)10(13)8-9/h4-5,8H,6-7H2,1-3H3. The fourth-order valence-electron chi connectivity index (χ4n) is 1.30. The van der Waals surface area contributed by atoms with Gasteiger partial charge in [-0.05, 0) is 54.9 Å². The van der Waals surface area contributed by atoms with Gasteiger partial charge in [0.25, 0.3) is 5.91 Å². The van der Waals surface area contributed by atoms with Crippen molar-refractivity contribution in [3.63, 3.8) is 0 Å². The van der Waals surface area contributed by atoms with E-state index in [1.54, 1.807) is 18.0 Å². The highest BCUT2D eigenvalue weighted by Crippen LogP contribution is 2.20. The number of rotatable bonds is 4. The number of amides is 1. The number of benzene rings is 1. The number of carbonyl (C=O) groups excluding carboxylic acids is 1. The van der Waals surface area contributed by atoms with Gasteiger partial charge in [0, 0.05) is 29.3 Å². The third-order valence-electron chi connectivity index (χ3n) is 2.40. The van der Waals surface area contributed by atoms with E-state index in [4.69, 9.17) is 11.6 Å². The molecule has 1 rings (SSSR count). The van der Waals surface area contributed by atoms with Crippen molar-refractivity contribution >= 4 is 40.1 Å². The molecular weight excluding hydrogens is 351 g/mol. The van der Waals surface area contributed by atoms with Crippen LogP contribution < -0.4 is 0 Å². The number of halogens is 2. The molecule has 1 aromatic rings. The fourth-order valence-corrected chi connectivity index (χ4v) is 1.82. The van der Waals surface area contributed by atoms with Crippen molar-refractivity contribution < 1.29 is 4.79 Å². The van der Waals surface area contributed by atoms with Crippen LogP contribution in [0, 0.1) is 3.57 Å². The third kappa shape index (κ3) is 4.44. The average Bonchev–Trinajstić information content (AvgIpc) is 2.28. The molecule has 0 aromatic heterocycles. The minimum atomic E-state index is 0.00477. The van der Waals surface area contributed by atoms with Crippen molar-refractivity contribution in [3.8, 4) is 0 Å². The Morgan fingerprint density at radius 3 is 2.47 bits per heavy atom. The summed E-state index contributed by atoms with van der Waals surface area (Å²) < 4.78 is 0.955. The van der Waals surface area contributed by atoms with Gasteiger partial charge in [0.2, 0.25) is 0 Å². The molecule has 0 aliphatic heterocycles. The van der Waals surface area contributed by atoms with Gasteiger partial charge >= 0.3 is 0 Å². The van der Waals surface area contributed by atoms with Gasteiger partial charge in [0.15, 0.2) is 0 Å². The summed E-state index contributed by atoms with van der Waals surface area (Å²) in [7, 11) is 5.78. The first kappa shape index (κ1) is 14.7. The van der Waals surface area contributed by atoms with Gasteiger partial charge in [0.05, 0.1) is 5.02 Å². The summed E-state index contributed by atoms with van der Waals surface area (Å²) in [6, 6.07) is 5.38. The SMILES string of the molecule is CN(C)CCN(C)C(=O)c1ccc(I)c(Cl)c1. The molecule has 0 heterocycles. The van der Waals surface area contributed by atoms with E-state index in [0.717, 1.165) is 10.1 Å². The summed E-state index contributed by atoms with van der Waals surface area (Å²) in [6.45, 7) is 1.55. The molecule has 0 aliphatic carbocycles. The first-order valence-electron chi connectivity index (χ1n) is 5.27. The van der Waals surface area contributed by atoms with Crippen molar-refractivity contribution in [2.45, 2.75) is 0 Å². The smallest absolute Gasteiger partial charge is 0.253 e. The largest absolute Gasteiger partial charge is 0.340 e. The normalized spacial score (nSPS) is 10.7. The lowest BCUT2D eigenvalue weighted by molar-refractivity contribution is 0.0786. The highest BCUT2D eigenvalue weighted by atomic mass is 127. The zero-order valence-electron chi connectivity index (χ0n) is 10.2. The molecule has 3 nitrogen and oxygen atoms in total. The average molecular weight is 367 g/mol. The highest BCUT2D eigenvalue weighted by Gasteiger charge is 2.12. The maximum atomic E-state index is 12.1. The zero-order chi connectivity index (χ0) is 13.0. The molecule has 0 spiro atoms. The Kier molecular flexibility index (Phi) is 5.69. The molecule has 94 valence electrons. The molecule has 1 aromatic carbocycles. The molecule has 0 N–H and O–H groups in total. The van der Waals surface area contributed by atoms with Crippen LogP contribution in [-0.4, -0.2) is 49.9 Å². The summed E-state index contributed by atoms with van der Waals surface area (Å²) in [6.07, 6.45) is 0. The molecular formula is C12H16ClIN2O. The van der Waals surface area contributed by atoms with E-state index in [0.29, 0.717) is 17.1 Å². The van der Waals surface area contributed by atoms with Gasteiger partial charge in [-0.3, -0.25) is 4.79 Å². The van der Waals surface area contributed by atoms with Crippen LogP contribution in [0.4, 0.5) is 0 Å². The number of likely N-dealkylation sites (N-methyl/N-ethyl adjacent to an activating group) is 2. The van der Waals surface area contributed by atoms with E-state index in [2.05, 4.69) is 22.6 Å². The Morgan fingerprint density at radius 2 is 1.94 bits per heavy atom. The first-order valence-corrected chi connectivity index (χ1v) is 6.72. The molecule has 0 saturated heterocycles. The lowest BCUT2D eigenvalue weighted by atomic mass is 10.2.